The van der Waals surface area contributed by atoms with Gasteiger partial charge in [-0.25, -0.2) is 0 Å². The molecule has 24 heavy (non-hydrogen) atoms. The van der Waals surface area contributed by atoms with Gasteiger partial charge in [0.25, 0.3) is 0 Å². The number of hydrogen-bond acceptors (Lipinski definition) is 5. The molecule has 0 saturated heterocycles. The minimum Gasteiger partial charge on any atom is -0.497 e. The normalized spacial score (nSPS) is 13.1. The Morgan fingerprint density at radius 3 is 2.46 bits per heavy atom. The molecule has 0 heterocycles. The highest BCUT2D eigenvalue weighted by Gasteiger charge is 2.17. The van der Waals surface area contributed by atoms with Crippen LogP contribution >= 0.6 is 0 Å². The van der Waals surface area contributed by atoms with Crippen LogP contribution in [0.15, 0.2) is 24.3 Å². The molecule has 0 saturated carbocycles. The van der Waals surface area contributed by atoms with Crippen molar-refractivity contribution < 1.29 is 19.1 Å². The van der Waals surface area contributed by atoms with Gasteiger partial charge in [0, 0.05) is 6.07 Å². The number of rotatable bonds is 9. The van der Waals surface area contributed by atoms with E-state index < -0.39 is 6.04 Å². The van der Waals surface area contributed by atoms with Crippen LogP contribution in [0.3, 0.4) is 0 Å². The molecular weight excluding hydrogens is 310 g/mol. The Morgan fingerprint density at radius 2 is 1.83 bits per heavy atom. The molecule has 0 radical (unpaired) electrons. The molecule has 0 spiro atoms. The highest BCUT2D eigenvalue weighted by atomic mass is 16.5. The maximum atomic E-state index is 11.8. The lowest BCUT2D eigenvalue weighted by molar-refractivity contribution is -0.127. The summed E-state index contributed by atoms with van der Waals surface area (Å²) in [6, 6.07) is 6.62. The van der Waals surface area contributed by atoms with E-state index in [1.54, 1.807) is 13.2 Å². The topological polar surface area (TPSA) is 103 Å². The lowest BCUT2D eigenvalue weighted by Gasteiger charge is -2.17. The van der Waals surface area contributed by atoms with Crippen molar-refractivity contribution in [2.45, 2.75) is 32.9 Å². The third kappa shape index (κ3) is 6.87. The molecule has 2 amide bonds. The zero-order chi connectivity index (χ0) is 18.1. The van der Waals surface area contributed by atoms with E-state index in [9.17, 15) is 9.59 Å². The van der Waals surface area contributed by atoms with E-state index in [1.807, 2.05) is 39.0 Å². The summed E-state index contributed by atoms with van der Waals surface area (Å²) in [4.78, 5) is 23.4. The van der Waals surface area contributed by atoms with Crippen molar-refractivity contribution in [2.24, 2.45) is 11.7 Å². The maximum Gasteiger partial charge on any atom is 0.239 e. The van der Waals surface area contributed by atoms with Gasteiger partial charge in [-0.2, -0.15) is 0 Å². The second kappa shape index (κ2) is 9.77. The first-order valence-corrected chi connectivity index (χ1v) is 7.94. The number of methoxy groups -OCH3 is 1. The van der Waals surface area contributed by atoms with E-state index >= 15 is 0 Å². The molecule has 0 bridgehead atoms. The van der Waals surface area contributed by atoms with Crippen LogP contribution in [0.2, 0.25) is 0 Å². The number of nitrogens with two attached hydrogens (primary N) is 1. The minimum atomic E-state index is -0.617. The zero-order valence-electron chi connectivity index (χ0n) is 14.7. The summed E-state index contributed by atoms with van der Waals surface area (Å²) < 4.78 is 10.8. The lowest BCUT2D eigenvalue weighted by Crippen LogP contribution is -2.47. The van der Waals surface area contributed by atoms with Crippen molar-refractivity contribution >= 4 is 11.8 Å². The van der Waals surface area contributed by atoms with Gasteiger partial charge in [-0.1, -0.05) is 19.9 Å². The Kier molecular flexibility index (Phi) is 8.05. The zero-order valence-corrected chi connectivity index (χ0v) is 14.7. The van der Waals surface area contributed by atoms with E-state index in [-0.39, 0.29) is 30.4 Å². The van der Waals surface area contributed by atoms with Gasteiger partial charge in [0.2, 0.25) is 11.8 Å². The molecule has 1 aromatic rings. The van der Waals surface area contributed by atoms with Crippen molar-refractivity contribution in [1.29, 1.82) is 0 Å². The van der Waals surface area contributed by atoms with Crippen molar-refractivity contribution in [3.05, 3.63) is 24.3 Å². The summed E-state index contributed by atoms with van der Waals surface area (Å²) in [7, 11) is 1.59. The van der Waals surface area contributed by atoms with Crippen LogP contribution in [0, 0.1) is 5.92 Å². The van der Waals surface area contributed by atoms with E-state index in [1.165, 1.54) is 0 Å². The Labute approximate surface area is 142 Å². The van der Waals surface area contributed by atoms with E-state index in [0.717, 1.165) is 0 Å². The summed E-state index contributed by atoms with van der Waals surface area (Å²) >= 11 is 0. The monoisotopic (exact) mass is 337 g/mol. The van der Waals surface area contributed by atoms with Gasteiger partial charge in [-0.05, 0) is 25.0 Å². The van der Waals surface area contributed by atoms with Gasteiger partial charge in [-0.15, -0.1) is 0 Å². The minimum absolute atomic E-state index is 0.0179. The van der Waals surface area contributed by atoms with Crippen molar-refractivity contribution in [2.75, 3.05) is 20.2 Å². The molecule has 0 aromatic heterocycles. The van der Waals surface area contributed by atoms with Gasteiger partial charge in [0.15, 0.2) is 0 Å². The first-order chi connectivity index (χ1) is 11.3. The summed E-state index contributed by atoms with van der Waals surface area (Å²) in [5.74, 6) is 0.755. The fourth-order valence-corrected chi connectivity index (χ4v) is 1.86. The van der Waals surface area contributed by atoms with Gasteiger partial charge in [-0.3, -0.25) is 9.59 Å². The summed E-state index contributed by atoms with van der Waals surface area (Å²) in [6.45, 7) is 5.75. The molecule has 0 aliphatic rings. The van der Waals surface area contributed by atoms with Gasteiger partial charge < -0.3 is 25.8 Å². The number of hydrogen-bond donors (Lipinski definition) is 3. The van der Waals surface area contributed by atoms with Gasteiger partial charge in [0.1, 0.15) is 17.6 Å². The number of carbonyl (C=O) groups excluding carboxylic acids is 2. The highest BCUT2D eigenvalue weighted by molar-refractivity contribution is 5.87. The fourth-order valence-electron chi connectivity index (χ4n) is 1.86. The molecule has 7 nitrogen and oxygen atoms in total. The van der Waals surface area contributed by atoms with Crippen LogP contribution in [0.5, 0.6) is 11.5 Å². The maximum absolute atomic E-state index is 11.8. The van der Waals surface area contributed by atoms with Crippen molar-refractivity contribution in [3.63, 3.8) is 0 Å². The van der Waals surface area contributed by atoms with E-state index in [4.69, 9.17) is 15.2 Å². The Morgan fingerprint density at radius 1 is 1.17 bits per heavy atom. The predicted octanol–water partition coefficient (Wildman–Crippen LogP) is 0.678. The van der Waals surface area contributed by atoms with Crippen LogP contribution in [-0.4, -0.2) is 44.2 Å². The number of benzene rings is 1. The SMILES string of the molecule is COc1cccc(OC(C)CNC(=O)CNC(=O)[C@@H](N)C(C)C)c1. The quantitative estimate of drug-likeness (QED) is 0.615. The van der Waals surface area contributed by atoms with Crippen LogP contribution in [0.4, 0.5) is 0 Å². The molecule has 2 atom stereocenters. The van der Waals surface area contributed by atoms with Gasteiger partial charge >= 0.3 is 0 Å². The van der Waals surface area contributed by atoms with Crippen molar-refractivity contribution in [1.82, 2.24) is 10.6 Å². The molecule has 1 rings (SSSR count). The lowest BCUT2D eigenvalue weighted by atomic mass is 10.1. The highest BCUT2D eigenvalue weighted by Crippen LogP contribution is 2.19. The molecule has 0 fully saturated rings. The van der Waals surface area contributed by atoms with Crippen LogP contribution in [0.25, 0.3) is 0 Å². The van der Waals surface area contributed by atoms with Crippen LogP contribution in [0.1, 0.15) is 20.8 Å². The summed E-state index contributed by atoms with van der Waals surface area (Å²) in [5, 5.41) is 5.22. The molecule has 4 N–H and O–H groups in total. The molecule has 1 unspecified atom stereocenters. The third-order valence-electron chi connectivity index (χ3n) is 3.41. The van der Waals surface area contributed by atoms with Crippen LogP contribution < -0.4 is 25.8 Å². The fraction of sp³-hybridized carbons (Fsp3) is 0.529. The number of amides is 2. The second-order valence-electron chi connectivity index (χ2n) is 5.90. The Hall–Kier alpha value is -2.28. The molecule has 0 aliphatic carbocycles. The number of carbonyl (C=O) groups is 2. The largest absolute Gasteiger partial charge is 0.497 e. The Bertz CT molecular complexity index is 548. The molecule has 0 aliphatic heterocycles. The molecule has 7 heteroatoms. The third-order valence-corrected chi connectivity index (χ3v) is 3.41. The smallest absolute Gasteiger partial charge is 0.239 e. The summed E-state index contributed by atoms with van der Waals surface area (Å²) in [5.41, 5.74) is 5.70. The van der Waals surface area contributed by atoms with Crippen molar-refractivity contribution in [3.8, 4) is 11.5 Å². The molecule has 134 valence electrons. The second-order valence-corrected chi connectivity index (χ2v) is 5.90. The van der Waals surface area contributed by atoms with Gasteiger partial charge in [0.05, 0.1) is 26.2 Å². The van der Waals surface area contributed by atoms with Crippen LogP contribution in [-0.2, 0) is 9.59 Å². The van der Waals surface area contributed by atoms with E-state index in [0.29, 0.717) is 18.0 Å². The number of ether oxygens (including phenoxy) is 2. The Balaban J connectivity index is 2.32. The molecular formula is C17H27N3O4. The van der Waals surface area contributed by atoms with E-state index in [2.05, 4.69) is 10.6 Å². The standard InChI is InChI=1S/C17H27N3O4/c1-11(2)16(18)17(22)20-10-15(21)19-9-12(3)24-14-7-5-6-13(8-14)23-4/h5-8,11-12,16H,9-10,18H2,1-4H3,(H,19,21)(H,20,22)/t12?,16-/m0/s1. The average molecular weight is 337 g/mol. The predicted molar refractivity (Wildman–Crippen MR) is 91.9 cm³/mol. The molecule has 1 aromatic carbocycles. The number of nitrogens with one attached hydrogen (secondary N) is 2. The first-order valence-electron chi connectivity index (χ1n) is 7.94. The average Bonchev–Trinajstić information content (AvgIpc) is 2.57. The first kappa shape index (κ1) is 19.8. The summed E-state index contributed by atoms with van der Waals surface area (Å²) in [6.07, 6.45) is -0.227.